The number of nitrogens with two attached hydrogens (primary N) is 1. The standard InChI is InChI=1S/C14H26N2O2/c1-9-6-7-10(15)8-11(9)14(17)16-12-4-3-5-13(12)18-2/h9-13H,3-8,15H2,1-2H3,(H,16,17). The van der Waals surface area contributed by atoms with Crippen molar-refractivity contribution in [2.45, 2.75) is 63.6 Å². The highest BCUT2D eigenvalue weighted by atomic mass is 16.5. The Kier molecular flexibility index (Phi) is 4.62. The Labute approximate surface area is 110 Å². The molecule has 0 aliphatic heterocycles. The van der Waals surface area contributed by atoms with Gasteiger partial charge < -0.3 is 15.8 Å². The summed E-state index contributed by atoms with van der Waals surface area (Å²) in [5.41, 5.74) is 5.98. The summed E-state index contributed by atoms with van der Waals surface area (Å²) in [4.78, 5) is 12.3. The normalized spacial score (nSPS) is 40.7. The lowest BCUT2D eigenvalue weighted by molar-refractivity contribution is -0.129. The second kappa shape index (κ2) is 6.02. The van der Waals surface area contributed by atoms with Crippen molar-refractivity contribution in [3.8, 4) is 0 Å². The summed E-state index contributed by atoms with van der Waals surface area (Å²) in [7, 11) is 1.73. The molecule has 4 heteroatoms. The zero-order valence-corrected chi connectivity index (χ0v) is 11.5. The number of nitrogens with one attached hydrogen (secondary N) is 1. The van der Waals surface area contributed by atoms with Gasteiger partial charge in [-0.2, -0.15) is 0 Å². The van der Waals surface area contributed by atoms with E-state index in [0.29, 0.717) is 5.92 Å². The summed E-state index contributed by atoms with van der Waals surface area (Å²) in [6.45, 7) is 2.17. The van der Waals surface area contributed by atoms with Crippen LogP contribution in [-0.4, -0.2) is 31.2 Å². The molecule has 0 bridgehead atoms. The molecule has 5 unspecified atom stereocenters. The van der Waals surface area contributed by atoms with E-state index in [1.807, 2.05) is 0 Å². The SMILES string of the molecule is COC1CCCC1NC(=O)C1CC(N)CCC1C. The van der Waals surface area contributed by atoms with E-state index in [-0.39, 0.29) is 30.0 Å². The molecule has 0 radical (unpaired) electrons. The van der Waals surface area contributed by atoms with Crippen molar-refractivity contribution in [3.63, 3.8) is 0 Å². The fourth-order valence-corrected chi connectivity index (χ4v) is 3.38. The quantitative estimate of drug-likeness (QED) is 0.801. The first-order chi connectivity index (χ1) is 8.61. The van der Waals surface area contributed by atoms with Crippen LogP contribution in [0, 0.1) is 11.8 Å². The molecular weight excluding hydrogens is 228 g/mol. The Hall–Kier alpha value is -0.610. The number of hydrogen-bond donors (Lipinski definition) is 2. The molecule has 2 aliphatic carbocycles. The van der Waals surface area contributed by atoms with Crippen LogP contribution < -0.4 is 11.1 Å². The summed E-state index contributed by atoms with van der Waals surface area (Å²) < 4.78 is 5.42. The number of hydrogen-bond acceptors (Lipinski definition) is 3. The van der Waals surface area contributed by atoms with Crippen molar-refractivity contribution in [1.29, 1.82) is 0 Å². The number of carbonyl (C=O) groups is 1. The van der Waals surface area contributed by atoms with Crippen LogP contribution in [0.1, 0.15) is 45.4 Å². The van der Waals surface area contributed by atoms with Crippen molar-refractivity contribution in [2.75, 3.05) is 7.11 Å². The van der Waals surface area contributed by atoms with Crippen LogP contribution in [0.4, 0.5) is 0 Å². The van der Waals surface area contributed by atoms with E-state index in [1.54, 1.807) is 7.11 Å². The fraction of sp³-hybridized carbons (Fsp3) is 0.929. The molecule has 0 aromatic heterocycles. The molecule has 0 heterocycles. The molecule has 104 valence electrons. The maximum absolute atomic E-state index is 12.3. The number of ether oxygens (including phenoxy) is 1. The lowest BCUT2D eigenvalue weighted by atomic mass is 9.77. The second-order valence-electron chi connectivity index (χ2n) is 5.98. The van der Waals surface area contributed by atoms with Crippen molar-refractivity contribution >= 4 is 5.91 Å². The van der Waals surface area contributed by atoms with E-state index in [0.717, 1.165) is 38.5 Å². The third-order valence-corrected chi connectivity index (χ3v) is 4.66. The van der Waals surface area contributed by atoms with Crippen molar-refractivity contribution < 1.29 is 9.53 Å². The Balaban J connectivity index is 1.90. The maximum atomic E-state index is 12.3. The average Bonchev–Trinajstić information content (AvgIpc) is 2.79. The molecule has 2 aliphatic rings. The van der Waals surface area contributed by atoms with Gasteiger partial charge in [0, 0.05) is 19.1 Å². The van der Waals surface area contributed by atoms with E-state index in [1.165, 1.54) is 0 Å². The van der Waals surface area contributed by atoms with E-state index in [4.69, 9.17) is 10.5 Å². The van der Waals surface area contributed by atoms with Gasteiger partial charge in [-0.05, 0) is 44.4 Å². The molecule has 4 nitrogen and oxygen atoms in total. The van der Waals surface area contributed by atoms with Crippen LogP contribution in [0.3, 0.4) is 0 Å². The minimum Gasteiger partial charge on any atom is -0.379 e. The zero-order chi connectivity index (χ0) is 13.1. The van der Waals surface area contributed by atoms with Crippen LogP contribution in [0.15, 0.2) is 0 Å². The summed E-state index contributed by atoms with van der Waals surface area (Å²) in [5.74, 6) is 0.727. The largest absolute Gasteiger partial charge is 0.379 e. The molecule has 0 saturated heterocycles. The second-order valence-corrected chi connectivity index (χ2v) is 5.98. The molecule has 0 aromatic rings. The Morgan fingerprint density at radius 2 is 2.06 bits per heavy atom. The van der Waals surface area contributed by atoms with Gasteiger partial charge in [0.25, 0.3) is 0 Å². The maximum Gasteiger partial charge on any atom is 0.223 e. The number of methoxy groups -OCH3 is 1. The number of amides is 1. The first kappa shape index (κ1) is 13.8. The van der Waals surface area contributed by atoms with Crippen LogP contribution in [-0.2, 0) is 9.53 Å². The predicted octanol–water partition coefficient (Wildman–Crippen LogP) is 1.43. The molecule has 2 saturated carbocycles. The van der Waals surface area contributed by atoms with Crippen LogP contribution >= 0.6 is 0 Å². The predicted molar refractivity (Wildman–Crippen MR) is 71.1 cm³/mol. The van der Waals surface area contributed by atoms with E-state index in [2.05, 4.69) is 12.2 Å². The van der Waals surface area contributed by atoms with Gasteiger partial charge in [0.05, 0.1) is 12.1 Å². The zero-order valence-electron chi connectivity index (χ0n) is 11.5. The molecule has 3 N–H and O–H groups in total. The van der Waals surface area contributed by atoms with E-state index < -0.39 is 0 Å². The molecule has 5 atom stereocenters. The molecule has 1 amide bonds. The molecule has 2 rings (SSSR count). The summed E-state index contributed by atoms with van der Waals surface area (Å²) in [5, 5.41) is 3.18. The average molecular weight is 254 g/mol. The smallest absolute Gasteiger partial charge is 0.223 e. The first-order valence-corrected chi connectivity index (χ1v) is 7.20. The van der Waals surface area contributed by atoms with Crippen molar-refractivity contribution in [1.82, 2.24) is 5.32 Å². The van der Waals surface area contributed by atoms with Crippen LogP contribution in [0.5, 0.6) is 0 Å². The van der Waals surface area contributed by atoms with Gasteiger partial charge in [-0.3, -0.25) is 4.79 Å². The highest BCUT2D eigenvalue weighted by molar-refractivity contribution is 5.79. The number of carbonyl (C=O) groups excluding carboxylic acids is 1. The highest BCUT2D eigenvalue weighted by Crippen LogP contribution is 2.30. The lowest BCUT2D eigenvalue weighted by Crippen LogP contribution is -2.47. The van der Waals surface area contributed by atoms with Gasteiger partial charge in [-0.25, -0.2) is 0 Å². The fourth-order valence-electron chi connectivity index (χ4n) is 3.38. The highest BCUT2D eigenvalue weighted by Gasteiger charge is 2.35. The van der Waals surface area contributed by atoms with Crippen LogP contribution in [0.2, 0.25) is 0 Å². The molecule has 2 fully saturated rings. The van der Waals surface area contributed by atoms with Crippen molar-refractivity contribution in [3.05, 3.63) is 0 Å². The topological polar surface area (TPSA) is 64.3 Å². The Morgan fingerprint density at radius 1 is 1.28 bits per heavy atom. The summed E-state index contributed by atoms with van der Waals surface area (Å²) >= 11 is 0. The van der Waals surface area contributed by atoms with Crippen LogP contribution in [0.25, 0.3) is 0 Å². The monoisotopic (exact) mass is 254 g/mol. The molecule has 0 aromatic carbocycles. The third kappa shape index (κ3) is 3.04. The van der Waals surface area contributed by atoms with E-state index in [9.17, 15) is 4.79 Å². The van der Waals surface area contributed by atoms with E-state index >= 15 is 0 Å². The first-order valence-electron chi connectivity index (χ1n) is 7.20. The third-order valence-electron chi connectivity index (χ3n) is 4.66. The minimum absolute atomic E-state index is 0.0897. The van der Waals surface area contributed by atoms with Gasteiger partial charge in [0.1, 0.15) is 0 Å². The van der Waals surface area contributed by atoms with Gasteiger partial charge in [0.15, 0.2) is 0 Å². The van der Waals surface area contributed by atoms with Gasteiger partial charge in [-0.15, -0.1) is 0 Å². The summed E-state index contributed by atoms with van der Waals surface area (Å²) in [6.07, 6.45) is 6.38. The molecular formula is C14H26N2O2. The molecule has 18 heavy (non-hydrogen) atoms. The lowest BCUT2D eigenvalue weighted by Gasteiger charge is -2.33. The van der Waals surface area contributed by atoms with Gasteiger partial charge in [0.2, 0.25) is 5.91 Å². The summed E-state index contributed by atoms with van der Waals surface area (Å²) in [6, 6.07) is 0.395. The Morgan fingerprint density at radius 3 is 2.78 bits per heavy atom. The number of rotatable bonds is 3. The van der Waals surface area contributed by atoms with Gasteiger partial charge >= 0.3 is 0 Å². The van der Waals surface area contributed by atoms with Crippen molar-refractivity contribution in [2.24, 2.45) is 17.6 Å². The van der Waals surface area contributed by atoms with Gasteiger partial charge in [-0.1, -0.05) is 6.92 Å². The molecule has 0 spiro atoms. The minimum atomic E-state index is 0.0897. The Bertz CT molecular complexity index is 296.